The summed E-state index contributed by atoms with van der Waals surface area (Å²) in [6.45, 7) is 1.54. The van der Waals surface area contributed by atoms with E-state index in [1.165, 1.54) is 0 Å². The van der Waals surface area contributed by atoms with Crippen molar-refractivity contribution in [3.8, 4) is 0 Å². The van der Waals surface area contributed by atoms with Gasteiger partial charge >= 0.3 is 0 Å². The van der Waals surface area contributed by atoms with Crippen LogP contribution < -0.4 is 10.6 Å². The van der Waals surface area contributed by atoms with Gasteiger partial charge in [-0.05, 0) is 36.5 Å². The average Bonchev–Trinajstić information content (AvgIpc) is 3.02. The minimum Gasteiger partial charge on any atom is -0.381 e. The summed E-state index contributed by atoms with van der Waals surface area (Å²) >= 11 is 5.83. The van der Waals surface area contributed by atoms with Crippen LogP contribution in [-0.2, 0) is 4.79 Å². The zero-order valence-electron chi connectivity index (χ0n) is 13.2. The third-order valence-electron chi connectivity index (χ3n) is 4.37. The van der Waals surface area contributed by atoms with E-state index in [-0.39, 0.29) is 11.7 Å². The van der Waals surface area contributed by atoms with Gasteiger partial charge in [0.05, 0.1) is 0 Å². The fourth-order valence-electron chi connectivity index (χ4n) is 2.97. The van der Waals surface area contributed by atoms with Crippen LogP contribution in [0.5, 0.6) is 0 Å². The molecule has 1 aromatic carbocycles. The van der Waals surface area contributed by atoms with E-state index < -0.39 is 6.10 Å². The predicted molar refractivity (Wildman–Crippen MR) is 91.8 cm³/mol. The number of halogens is 1. The molecule has 4 N–H and O–H groups in total. The van der Waals surface area contributed by atoms with Gasteiger partial charge in [-0.25, -0.2) is 5.10 Å². The van der Waals surface area contributed by atoms with Crippen LogP contribution in [0.2, 0.25) is 5.02 Å². The van der Waals surface area contributed by atoms with Gasteiger partial charge in [0.25, 0.3) is 0 Å². The van der Waals surface area contributed by atoms with E-state index in [9.17, 15) is 9.90 Å². The van der Waals surface area contributed by atoms with Crippen LogP contribution in [0.25, 0.3) is 0 Å². The van der Waals surface area contributed by atoms with Gasteiger partial charge < -0.3 is 15.7 Å². The third-order valence-corrected chi connectivity index (χ3v) is 4.62. The molecule has 0 spiro atoms. The molecule has 0 bridgehead atoms. The predicted octanol–water partition coefficient (Wildman–Crippen LogP) is 1.95. The highest BCUT2D eigenvalue weighted by atomic mass is 35.5. The Kier molecular flexibility index (Phi) is 5.01. The van der Waals surface area contributed by atoms with Crippen molar-refractivity contribution in [3.05, 3.63) is 34.9 Å². The molecule has 1 aliphatic heterocycles. The Hall–Kier alpha value is -2.12. The summed E-state index contributed by atoms with van der Waals surface area (Å²) in [5.74, 6) is 0.997. The normalized spacial score (nSPS) is 17.0. The molecule has 24 heavy (non-hydrogen) atoms. The summed E-state index contributed by atoms with van der Waals surface area (Å²) in [6.07, 6.45) is 0.988. The van der Waals surface area contributed by atoms with Crippen LogP contribution in [0.15, 0.2) is 24.3 Å². The number of benzene rings is 1. The number of hydrogen-bond donors (Lipinski definition) is 3. The number of Topliss-reactive ketones (excluding diaryl/α,β-unsaturated/α-hetero) is 1. The van der Waals surface area contributed by atoms with Crippen molar-refractivity contribution in [3.63, 3.8) is 0 Å². The second kappa shape index (κ2) is 7.19. The number of nitrogens with two attached hydrogens (primary N) is 1. The van der Waals surface area contributed by atoms with Gasteiger partial charge in [-0.1, -0.05) is 23.7 Å². The topological polar surface area (TPSA) is 108 Å². The van der Waals surface area contributed by atoms with E-state index >= 15 is 0 Å². The second-order valence-electron chi connectivity index (χ2n) is 6.08. The number of carbonyl (C=O) groups is 1. The summed E-state index contributed by atoms with van der Waals surface area (Å²) in [5, 5.41) is 17.5. The Morgan fingerprint density at radius 1 is 1.38 bits per heavy atom. The molecule has 2 aromatic rings. The maximum Gasteiger partial charge on any atom is 0.246 e. The smallest absolute Gasteiger partial charge is 0.246 e. The van der Waals surface area contributed by atoms with Crippen LogP contribution in [0.4, 0.5) is 11.9 Å². The zero-order chi connectivity index (χ0) is 17.1. The van der Waals surface area contributed by atoms with Crippen LogP contribution in [0.1, 0.15) is 30.9 Å². The van der Waals surface area contributed by atoms with Crippen LogP contribution >= 0.6 is 11.6 Å². The number of H-pyrrole nitrogens is 1. The lowest BCUT2D eigenvalue weighted by Gasteiger charge is -2.31. The summed E-state index contributed by atoms with van der Waals surface area (Å²) in [5.41, 5.74) is 6.12. The van der Waals surface area contributed by atoms with E-state index in [0.717, 1.165) is 25.9 Å². The molecule has 0 radical (unpaired) electrons. The quantitative estimate of drug-likeness (QED) is 0.761. The number of nitrogens with zero attached hydrogens (tertiary/aromatic N) is 3. The second-order valence-corrected chi connectivity index (χ2v) is 6.51. The summed E-state index contributed by atoms with van der Waals surface area (Å²) < 4.78 is 0. The van der Waals surface area contributed by atoms with Crippen molar-refractivity contribution in [1.29, 1.82) is 0 Å². The van der Waals surface area contributed by atoms with Gasteiger partial charge in [-0.15, -0.1) is 5.10 Å². The van der Waals surface area contributed by atoms with E-state index in [1.54, 1.807) is 24.3 Å². The SMILES string of the molecule is Nc1nc(N2CCC(CC(=O)C(O)c3ccc(Cl)cc3)CC2)n[nH]1. The molecular weight excluding hydrogens is 330 g/mol. The number of anilines is 2. The first-order valence-electron chi connectivity index (χ1n) is 7.92. The van der Waals surface area contributed by atoms with Crippen molar-refractivity contribution in [2.45, 2.75) is 25.4 Å². The average molecular weight is 350 g/mol. The number of nitrogen functional groups attached to an aromatic ring is 1. The van der Waals surface area contributed by atoms with Crippen LogP contribution in [0, 0.1) is 5.92 Å². The molecule has 3 rings (SSSR count). The number of ketones is 1. The van der Waals surface area contributed by atoms with Crippen molar-refractivity contribution in [2.75, 3.05) is 23.7 Å². The van der Waals surface area contributed by atoms with Crippen molar-refractivity contribution in [2.24, 2.45) is 5.92 Å². The Morgan fingerprint density at radius 3 is 2.62 bits per heavy atom. The number of hydrogen-bond acceptors (Lipinski definition) is 6. The minimum atomic E-state index is -1.09. The minimum absolute atomic E-state index is 0.155. The van der Waals surface area contributed by atoms with E-state index in [2.05, 4.69) is 15.2 Å². The van der Waals surface area contributed by atoms with E-state index in [4.69, 9.17) is 17.3 Å². The molecule has 1 aromatic heterocycles. The van der Waals surface area contributed by atoms with Gasteiger partial charge in [-0.3, -0.25) is 4.79 Å². The van der Waals surface area contributed by atoms with Gasteiger partial charge in [-0.2, -0.15) is 4.98 Å². The standard InChI is InChI=1S/C16H20ClN5O2/c17-12-3-1-11(2-4-12)14(24)13(23)9-10-5-7-22(8-6-10)16-19-15(18)20-21-16/h1-4,10,14,24H,5-9H2,(H3,18,19,20,21). The highest BCUT2D eigenvalue weighted by molar-refractivity contribution is 6.30. The molecule has 1 fully saturated rings. The molecule has 1 unspecified atom stereocenters. The third kappa shape index (κ3) is 3.85. The maximum absolute atomic E-state index is 12.3. The van der Waals surface area contributed by atoms with E-state index in [0.29, 0.717) is 28.9 Å². The fourth-order valence-corrected chi connectivity index (χ4v) is 3.10. The first-order chi connectivity index (χ1) is 11.5. The molecule has 128 valence electrons. The van der Waals surface area contributed by atoms with Gasteiger partial charge in [0.15, 0.2) is 5.78 Å². The lowest BCUT2D eigenvalue weighted by Crippen LogP contribution is -2.35. The molecule has 7 nitrogen and oxygen atoms in total. The monoisotopic (exact) mass is 349 g/mol. The number of aliphatic hydroxyl groups excluding tert-OH is 1. The largest absolute Gasteiger partial charge is 0.381 e. The molecular formula is C16H20ClN5O2. The molecule has 0 amide bonds. The lowest BCUT2D eigenvalue weighted by atomic mass is 9.89. The summed E-state index contributed by atoms with van der Waals surface area (Å²) in [4.78, 5) is 18.5. The fraction of sp³-hybridized carbons (Fsp3) is 0.438. The lowest BCUT2D eigenvalue weighted by molar-refractivity contribution is -0.128. The molecule has 0 aliphatic carbocycles. The van der Waals surface area contributed by atoms with E-state index in [1.807, 2.05) is 4.90 Å². The molecule has 8 heteroatoms. The Morgan fingerprint density at radius 2 is 2.04 bits per heavy atom. The summed E-state index contributed by atoms with van der Waals surface area (Å²) in [7, 11) is 0. The zero-order valence-corrected chi connectivity index (χ0v) is 13.9. The Labute approximate surface area is 144 Å². The van der Waals surface area contributed by atoms with Crippen LogP contribution in [0.3, 0.4) is 0 Å². The summed E-state index contributed by atoms with van der Waals surface area (Å²) in [6, 6.07) is 6.71. The van der Waals surface area contributed by atoms with Crippen molar-refractivity contribution in [1.82, 2.24) is 15.2 Å². The maximum atomic E-state index is 12.3. The molecule has 1 saturated heterocycles. The first-order valence-corrected chi connectivity index (χ1v) is 8.30. The Bertz CT molecular complexity index is 695. The highest BCUT2D eigenvalue weighted by Crippen LogP contribution is 2.26. The number of aliphatic hydroxyl groups is 1. The molecule has 1 aliphatic rings. The van der Waals surface area contributed by atoms with Crippen molar-refractivity contribution < 1.29 is 9.90 Å². The number of piperidine rings is 1. The first kappa shape index (κ1) is 16.7. The van der Waals surface area contributed by atoms with Crippen LogP contribution in [-0.4, -0.2) is 39.2 Å². The molecule has 2 heterocycles. The Balaban J connectivity index is 1.52. The van der Waals surface area contributed by atoms with Gasteiger partial charge in [0, 0.05) is 24.5 Å². The van der Waals surface area contributed by atoms with Gasteiger partial charge in [0.2, 0.25) is 11.9 Å². The van der Waals surface area contributed by atoms with Crippen molar-refractivity contribution >= 4 is 29.3 Å². The highest BCUT2D eigenvalue weighted by Gasteiger charge is 2.26. The number of nitrogens with one attached hydrogen (secondary N) is 1. The molecule has 0 saturated carbocycles. The number of aromatic nitrogens is 3. The number of rotatable bonds is 5. The molecule has 1 atom stereocenters. The van der Waals surface area contributed by atoms with Gasteiger partial charge in [0.1, 0.15) is 6.10 Å². The number of aromatic amines is 1. The number of carbonyl (C=O) groups excluding carboxylic acids is 1.